The monoisotopic (exact) mass is 461 g/mol. The summed E-state index contributed by atoms with van der Waals surface area (Å²) in [5.41, 5.74) is 1.98. The van der Waals surface area contributed by atoms with E-state index in [1.165, 1.54) is 0 Å². The third-order valence-electron chi connectivity index (χ3n) is 5.38. The summed E-state index contributed by atoms with van der Waals surface area (Å²) in [6.45, 7) is 5.39. The molecule has 1 atom stereocenters. The second-order valence-corrected chi connectivity index (χ2v) is 9.56. The van der Waals surface area contributed by atoms with Gasteiger partial charge in [-0.25, -0.2) is 8.42 Å². The first-order chi connectivity index (χ1) is 15.3. The SMILES string of the molecule is C[C@H](C(=O)Nc1ccc(N2CCOCC2)cc1)N(c1ccc2c(c1)OCCO2)S(C)(=O)=O. The molecule has 1 fully saturated rings. The molecular formula is C22H27N3O6S. The van der Waals surface area contributed by atoms with Gasteiger partial charge in [-0.3, -0.25) is 9.10 Å². The van der Waals surface area contributed by atoms with Gasteiger partial charge in [-0.1, -0.05) is 0 Å². The van der Waals surface area contributed by atoms with Gasteiger partial charge in [0.2, 0.25) is 15.9 Å². The van der Waals surface area contributed by atoms with Crippen LogP contribution in [0.2, 0.25) is 0 Å². The molecule has 2 aliphatic heterocycles. The molecule has 0 unspecified atom stereocenters. The molecule has 2 aliphatic rings. The molecule has 1 N–H and O–H groups in total. The van der Waals surface area contributed by atoms with Crippen LogP contribution in [0.3, 0.4) is 0 Å². The Bertz CT molecular complexity index is 1070. The number of sulfonamides is 1. The van der Waals surface area contributed by atoms with Gasteiger partial charge < -0.3 is 24.4 Å². The molecule has 0 aliphatic carbocycles. The summed E-state index contributed by atoms with van der Waals surface area (Å²) in [6.07, 6.45) is 1.07. The van der Waals surface area contributed by atoms with Gasteiger partial charge in [-0.15, -0.1) is 0 Å². The summed E-state index contributed by atoms with van der Waals surface area (Å²) in [5.74, 6) is 0.559. The lowest BCUT2D eigenvalue weighted by molar-refractivity contribution is -0.116. The van der Waals surface area contributed by atoms with Crippen LogP contribution in [0.15, 0.2) is 42.5 Å². The van der Waals surface area contributed by atoms with E-state index in [0.29, 0.717) is 49.3 Å². The van der Waals surface area contributed by atoms with Crippen molar-refractivity contribution in [1.29, 1.82) is 0 Å². The molecular weight excluding hydrogens is 434 g/mol. The zero-order chi connectivity index (χ0) is 22.7. The van der Waals surface area contributed by atoms with Gasteiger partial charge in [-0.2, -0.15) is 0 Å². The molecule has 0 saturated carbocycles. The van der Waals surface area contributed by atoms with Crippen LogP contribution in [0, 0.1) is 0 Å². The van der Waals surface area contributed by atoms with E-state index in [2.05, 4.69) is 10.2 Å². The van der Waals surface area contributed by atoms with Gasteiger partial charge in [0.05, 0.1) is 25.2 Å². The number of carbonyl (C=O) groups is 1. The van der Waals surface area contributed by atoms with E-state index in [4.69, 9.17) is 14.2 Å². The lowest BCUT2D eigenvalue weighted by Crippen LogP contribution is -2.45. The van der Waals surface area contributed by atoms with Gasteiger partial charge in [0.1, 0.15) is 19.3 Å². The number of benzene rings is 2. The summed E-state index contributed by atoms with van der Waals surface area (Å²) in [5, 5.41) is 2.81. The summed E-state index contributed by atoms with van der Waals surface area (Å²) < 4.78 is 42.7. The molecule has 0 bridgehead atoms. The molecule has 32 heavy (non-hydrogen) atoms. The number of hydrogen-bond acceptors (Lipinski definition) is 7. The lowest BCUT2D eigenvalue weighted by atomic mass is 10.2. The minimum atomic E-state index is -3.74. The highest BCUT2D eigenvalue weighted by molar-refractivity contribution is 7.92. The number of nitrogens with zero attached hydrogens (tertiary/aromatic N) is 2. The quantitative estimate of drug-likeness (QED) is 0.704. The molecule has 0 aromatic heterocycles. The summed E-state index contributed by atoms with van der Waals surface area (Å²) in [6, 6.07) is 11.3. The van der Waals surface area contributed by atoms with Crippen LogP contribution in [0.25, 0.3) is 0 Å². The van der Waals surface area contributed by atoms with E-state index in [9.17, 15) is 13.2 Å². The number of anilines is 3. The largest absolute Gasteiger partial charge is 0.486 e. The molecule has 2 heterocycles. The van der Waals surface area contributed by atoms with Crippen molar-refractivity contribution in [2.24, 2.45) is 0 Å². The minimum Gasteiger partial charge on any atom is -0.486 e. The smallest absolute Gasteiger partial charge is 0.247 e. The fourth-order valence-electron chi connectivity index (χ4n) is 3.80. The molecule has 2 aromatic carbocycles. The van der Waals surface area contributed by atoms with Crippen LogP contribution in [0.4, 0.5) is 17.1 Å². The van der Waals surface area contributed by atoms with Crippen LogP contribution in [-0.4, -0.2) is 66.1 Å². The second kappa shape index (κ2) is 9.25. The Labute approximate surface area is 187 Å². The average Bonchev–Trinajstić information content (AvgIpc) is 2.79. The maximum Gasteiger partial charge on any atom is 0.247 e. The maximum absolute atomic E-state index is 12.9. The van der Waals surface area contributed by atoms with E-state index in [0.717, 1.165) is 29.3 Å². The summed E-state index contributed by atoms with van der Waals surface area (Å²) in [7, 11) is -3.74. The molecule has 4 rings (SSSR count). The van der Waals surface area contributed by atoms with Crippen LogP contribution in [0.1, 0.15) is 6.92 Å². The van der Waals surface area contributed by atoms with Crippen molar-refractivity contribution in [3.8, 4) is 11.5 Å². The van der Waals surface area contributed by atoms with Crippen LogP contribution < -0.4 is 24.0 Å². The van der Waals surface area contributed by atoms with Gasteiger partial charge in [0.25, 0.3) is 0 Å². The molecule has 0 spiro atoms. The number of carbonyl (C=O) groups excluding carboxylic acids is 1. The van der Waals surface area contributed by atoms with E-state index in [1.807, 2.05) is 24.3 Å². The zero-order valence-electron chi connectivity index (χ0n) is 18.1. The fourth-order valence-corrected chi connectivity index (χ4v) is 4.97. The van der Waals surface area contributed by atoms with E-state index in [-0.39, 0.29) is 0 Å². The molecule has 1 saturated heterocycles. The van der Waals surface area contributed by atoms with Crippen molar-refractivity contribution in [2.45, 2.75) is 13.0 Å². The highest BCUT2D eigenvalue weighted by Gasteiger charge is 2.30. The number of morpholine rings is 1. The fraction of sp³-hybridized carbons (Fsp3) is 0.409. The summed E-state index contributed by atoms with van der Waals surface area (Å²) >= 11 is 0. The average molecular weight is 462 g/mol. The van der Waals surface area contributed by atoms with Crippen LogP contribution in [0.5, 0.6) is 11.5 Å². The normalized spacial score (nSPS) is 16.9. The third-order valence-corrected chi connectivity index (χ3v) is 6.62. The Hall–Kier alpha value is -2.98. The van der Waals surface area contributed by atoms with Crippen molar-refractivity contribution in [3.05, 3.63) is 42.5 Å². The Morgan fingerprint density at radius 3 is 2.31 bits per heavy atom. The Kier molecular flexibility index (Phi) is 6.43. The van der Waals surface area contributed by atoms with Gasteiger partial charge >= 0.3 is 0 Å². The topological polar surface area (TPSA) is 97.4 Å². The standard InChI is InChI=1S/C22H27N3O6S/c1-16(22(26)23-17-3-5-18(6-4-17)24-9-11-29-12-10-24)25(32(2,27)28)19-7-8-20-21(15-19)31-14-13-30-20/h3-8,15-16H,9-14H2,1-2H3,(H,23,26)/t16-/m1/s1. The first kappa shape index (κ1) is 22.2. The minimum absolute atomic E-state index is 0.335. The molecule has 2 aromatic rings. The molecule has 0 radical (unpaired) electrons. The number of fused-ring (bicyclic) bond motifs is 1. The predicted molar refractivity (Wildman–Crippen MR) is 122 cm³/mol. The second-order valence-electron chi connectivity index (χ2n) is 7.70. The number of amides is 1. The number of ether oxygens (including phenoxy) is 3. The molecule has 9 nitrogen and oxygen atoms in total. The number of hydrogen-bond donors (Lipinski definition) is 1. The highest BCUT2D eigenvalue weighted by Crippen LogP contribution is 2.35. The molecule has 172 valence electrons. The van der Waals surface area contributed by atoms with Gasteiger partial charge in [0.15, 0.2) is 11.5 Å². The number of nitrogens with one attached hydrogen (secondary N) is 1. The first-order valence-electron chi connectivity index (χ1n) is 10.5. The molecule has 10 heteroatoms. The Morgan fingerprint density at radius 2 is 1.66 bits per heavy atom. The molecule has 1 amide bonds. The zero-order valence-corrected chi connectivity index (χ0v) is 18.9. The predicted octanol–water partition coefficient (Wildman–Crippen LogP) is 2.09. The van der Waals surface area contributed by atoms with Crippen LogP contribution >= 0.6 is 0 Å². The lowest BCUT2D eigenvalue weighted by Gasteiger charge is -2.30. The van der Waals surface area contributed by atoms with Crippen LogP contribution in [-0.2, 0) is 19.6 Å². The van der Waals surface area contributed by atoms with Gasteiger partial charge in [0, 0.05) is 30.5 Å². The van der Waals surface area contributed by atoms with E-state index in [1.54, 1.807) is 25.1 Å². The van der Waals surface area contributed by atoms with E-state index < -0.39 is 22.0 Å². The highest BCUT2D eigenvalue weighted by atomic mass is 32.2. The Balaban J connectivity index is 1.50. The van der Waals surface area contributed by atoms with Crippen molar-refractivity contribution < 1.29 is 27.4 Å². The van der Waals surface area contributed by atoms with Crippen molar-refractivity contribution in [1.82, 2.24) is 0 Å². The maximum atomic E-state index is 12.9. The Morgan fingerprint density at radius 1 is 1.00 bits per heavy atom. The van der Waals surface area contributed by atoms with Crippen molar-refractivity contribution in [2.75, 3.05) is 60.3 Å². The van der Waals surface area contributed by atoms with Gasteiger partial charge in [-0.05, 0) is 43.3 Å². The first-order valence-corrected chi connectivity index (χ1v) is 12.3. The van der Waals surface area contributed by atoms with E-state index >= 15 is 0 Å². The number of rotatable bonds is 6. The third kappa shape index (κ3) is 4.91. The van der Waals surface area contributed by atoms with Crippen molar-refractivity contribution in [3.63, 3.8) is 0 Å². The summed E-state index contributed by atoms with van der Waals surface area (Å²) in [4.78, 5) is 15.2. The van der Waals surface area contributed by atoms with Crippen molar-refractivity contribution >= 4 is 33.0 Å².